The number of carbonyl (C=O) groups excluding carboxylic acids is 3. The van der Waals surface area contributed by atoms with Crippen molar-refractivity contribution in [2.75, 3.05) is 33.9 Å². The molecule has 10 nitrogen and oxygen atoms in total. The van der Waals surface area contributed by atoms with Crippen LogP contribution >= 0.6 is 22.6 Å². The minimum absolute atomic E-state index is 0.0618. The summed E-state index contributed by atoms with van der Waals surface area (Å²) in [6.45, 7) is 0.144. The van der Waals surface area contributed by atoms with Gasteiger partial charge >= 0.3 is 0 Å². The standard InChI is InChI=1S/C30H35IN2O8/c1-39-24-6-4-3-5-19(24)9-11-33(30(38)20-7-8-20)23-15-21(29(37)32-10-12-34)16-25(27(23)36)41-28-22(31)13-18(17-35)14-26(28)40-2/h3-6,13-14,16-17,20,23,25,27,34,36H,7-12,15H2,1-2H3,(H,32,37). The second kappa shape index (κ2) is 14.1. The van der Waals surface area contributed by atoms with Crippen LogP contribution in [0.3, 0.4) is 0 Å². The second-order valence-electron chi connectivity index (χ2n) is 10.0. The lowest BCUT2D eigenvalue weighted by Crippen LogP contribution is -2.56. The van der Waals surface area contributed by atoms with Gasteiger partial charge in [-0.05, 0) is 71.7 Å². The van der Waals surface area contributed by atoms with E-state index in [1.165, 1.54) is 13.2 Å². The van der Waals surface area contributed by atoms with Gasteiger partial charge in [0.2, 0.25) is 11.8 Å². The Morgan fingerprint density at radius 1 is 1.15 bits per heavy atom. The van der Waals surface area contributed by atoms with Crippen LogP contribution in [0.5, 0.6) is 17.2 Å². The minimum atomic E-state index is -1.17. The molecule has 41 heavy (non-hydrogen) atoms. The van der Waals surface area contributed by atoms with Crippen LogP contribution < -0.4 is 19.5 Å². The molecule has 0 spiro atoms. The molecule has 0 bridgehead atoms. The number of aldehydes is 1. The molecule has 2 aromatic rings. The number of amides is 2. The van der Waals surface area contributed by atoms with Crippen molar-refractivity contribution in [1.82, 2.24) is 10.2 Å². The molecule has 4 rings (SSSR count). The quantitative estimate of drug-likeness (QED) is 0.218. The fraction of sp³-hybridized carbons (Fsp3) is 0.433. The zero-order valence-electron chi connectivity index (χ0n) is 23.0. The zero-order valence-corrected chi connectivity index (χ0v) is 25.2. The number of halogens is 1. The van der Waals surface area contributed by atoms with Crippen LogP contribution in [-0.2, 0) is 16.0 Å². The van der Waals surface area contributed by atoms with Gasteiger partial charge in [0.15, 0.2) is 11.5 Å². The van der Waals surface area contributed by atoms with Gasteiger partial charge in [-0.3, -0.25) is 14.4 Å². The first-order valence-corrected chi connectivity index (χ1v) is 14.6. The molecule has 3 unspecified atom stereocenters. The Morgan fingerprint density at radius 3 is 2.54 bits per heavy atom. The molecule has 11 heteroatoms. The van der Waals surface area contributed by atoms with Crippen molar-refractivity contribution in [3.05, 3.63) is 62.7 Å². The number of hydrogen-bond donors (Lipinski definition) is 3. The molecule has 2 amide bonds. The van der Waals surface area contributed by atoms with Crippen molar-refractivity contribution < 1.29 is 38.8 Å². The van der Waals surface area contributed by atoms with Crippen LogP contribution in [-0.4, -0.2) is 85.4 Å². The molecule has 0 saturated heterocycles. The van der Waals surface area contributed by atoms with Crippen molar-refractivity contribution in [1.29, 1.82) is 0 Å². The van der Waals surface area contributed by atoms with E-state index in [1.54, 1.807) is 24.2 Å². The van der Waals surface area contributed by atoms with Crippen molar-refractivity contribution in [3.63, 3.8) is 0 Å². The van der Waals surface area contributed by atoms with Crippen molar-refractivity contribution in [3.8, 4) is 17.2 Å². The van der Waals surface area contributed by atoms with Gasteiger partial charge in [-0.25, -0.2) is 0 Å². The maximum absolute atomic E-state index is 13.6. The molecule has 2 aliphatic rings. The number of benzene rings is 2. The van der Waals surface area contributed by atoms with E-state index >= 15 is 0 Å². The molecule has 3 atom stereocenters. The third-order valence-electron chi connectivity index (χ3n) is 7.28. The van der Waals surface area contributed by atoms with Gasteiger partial charge in [0.05, 0.1) is 30.4 Å². The molecule has 1 fully saturated rings. The largest absolute Gasteiger partial charge is 0.496 e. The smallest absolute Gasteiger partial charge is 0.247 e. The molecule has 3 N–H and O–H groups in total. The van der Waals surface area contributed by atoms with Crippen LogP contribution in [0.2, 0.25) is 0 Å². The highest BCUT2D eigenvalue weighted by Crippen LogP contribution is 2.38. The van der Waals surface area contributed by atoms with Gasteiger partial charge in [0, 0.05) is 36.6 Å². The van der Waals surface area contributed by atoms with Gasteiger partial charge in [-0.15, -0.1) is 0 Å². The van der Waals surface area contributed by atoms with E-state index in [0.29, 0.717) is 51.2 Å². The molecule has 0 heterocycles. The summed E-state index contributed by atoms with van der Waals surface area (Å²) in [7, 11) is 3.04. The van der Waals surface area contributed by atoms with Crippen LogP contribution in [0, 0.1) is 9.49 Å². The number of nitrogens with zero attached hydrogens (tertiary/aromatic N) is 1. The maximum Gasteiger partial charge on any atom is 0.247 e. The Labute approximate surface area is 252 Å². The third-order valence-corrected chi connectivity index (χ3v) is 8.08. The van der Waals surface area contributed by atoms with E-state index in [2.05, 4.69) is 5.32 Å². The number of carbonyl (C=O) groups is 3. The molecule has 0 aliphatic heterocycles. The average molecular weight is 679 g/mol. The number of nitrogens with one attached hydrogen (secondary N) is 1. The fourth-order valence-electron chi connectivity index (χ4n) is 4.99. The number of para-hydroxylation sites is 1. The molecule has 0 aromatic heterocycles. The monoisotopic (exact) mass is 678 g/mol. The van der Waals surface area contributed by atoms with Crippen LogP contribution in [0.1, 0.15) is 35.2 Å². The number of ether oxygens (including phenoxy) is 3. The summed E-state index contributed by atoms with van der Waals surface area (Å²) in [5, 5.41) is 23.6. The van der Waals surface area contributed by atoms with E-state index in [1.807, 2.05) is 46.9 Å². The fourth-order valence-corrected chi connectivity index (χ4v) is 5.75. The van der Waals surface area contributed by atoms with Crippen LogP contribution in [0.15, 0.2) is 48.0 Å². The second-order valence-corrected chi connectivity index (χ2v) is 11.2. The van der Waals surface area contributed by atoms with Gasteiger partial charge in [-0.1, -0.05) is 18.2 Å². The topological polar surface area (TPSA) is 135 Å². The lowest BCUT2D eigenvalue weighted by molar-refractivity contribution is -0.139. The predicted octanol–water partition coefficient (Wildman–Crippen LogP) is 2.52. The summed E-state index contributed by atoms with van der Waals surface area (Å²) in [6, 6.07) is 9.99. The van der Waals surface area contributed by atoms with E-state index < -0.39 is 24.2 Å². The highest BCUT2D eigenvalue weighted by Gasteiger charge is 2.44. The SMILES string of the molecule is COc1ccccc1CCN(C(=O)C1CC1)C1CC(C(=O)NCCO)=CC(Oc2c(I)cc(C=O)cc2OC)C1O. The molecule has 2 aliphatic carbocycles. The first-order valence-electron chi connectivity index (χ1n) is 13.5. The summed E-state index contributed by atoms with van der Waals surface area (Å²) in [5.74, 6) is 0.724. The Hall–Kier alpha value is -3.16. The van der Waals surface area contributed by atoms with Crippen molar-refractivity contribution >= 4 is 40.7 Å². The molecular weight excluding hydrogens is 643 g/mol. The summed E-state index contributed by atoms with van der Waals surface area (Å²) >= 11 is 2.02. The normalized spacial score (nSPS) is 20.0. The van der Waals surface area contributed by atoms with E-state index in [4.69, 9.17) is 14.2 Å². The zero-order chi connectivity index (χ0) is 29.5. The third kappa shape index (κ3) is 7.38. The molecule has 220 valence electrons. The van der Waals surface area contributed by atoms with E-state index in [9.17, 15) is 24.6 Å². The maximum atomic E-state index is 13.6. The molecular formula is C30H35IN2O8. The summed E-state index contributed by atoms with van der Waals surface area (Å²) < 4.78 is 17.8. The lowest BCUT2D eigenvalue weighted by Gasteiger charge is -2.41. The van der Waals surface area contributed by atoms with Crippen LogP contribution in [0.4, 0.5) is 0 Å². The number of aliphatic hydroxyl groups is 2. The lowest BCUT2D eigenvalue weighted by atomic mass is 9.87. The first-order chi connectivity index (χ1) is 19.8. The number of aliphatic hydroxyl groups excluding tert-OH is 2. The number of methoxy groups -OCH3 is 2. The van der Waals surface area contributed by atoms with Gasteiger partial charge in [0.25, 0.3) is 0 Å². The van der Waals surface area contributed by atoms with Gasteiger partial charge in [0.1, 0.15) is 24.2 Å². The van der Waals surface area contributed by atoms with E-state index in [-0.39, 0.29) is 31.4 Å². The van der Waals surface area contributed by atoms with Crippen LogP contribution in [0.25, 0.3) is 0 Å². The Bertz CT molecular complexity index is 1300. The highest BCUT2D eigenvalue weighted by atomic mass is 127. The van der Waals surface area contributed by atoms with Crippen molar-refractivity contribution in [2.45, 2.75) is 43.9 Å². The van der Waals surface area contributed by atoms with E-state index in [0.717, 1.165) is 18.4 Å². The molecule has 1 saturated carbocycles. The summed E-state index contributed by atoms with van der Waals surface area (Å²) in [5.41, 5.74) is 1.66. The Balaban J connectivity index is 1.68. The van der Waals surface area contributed by atoms with Gasteiger partial charge < -0.3 is 34.6 Å². The van der Waals surface area contributed by atoms with Gasteiger partial charge in [-0.2, -0.15) is 0 Å². The predicted molar refractivity (Wildman–Crippen MR) is 159 cm³/mol. The Morgan fingerprint density at radius 2 is 1.88 bits per heavy atom. The minimum Gasteiger partial charge on any atom is -0.496 e. The number of hydrogen-bond acceptors (Lipinski definition) is 8. The van der Waals surface area contributed by atoms with Crippen molar-refractivity contribution in [2.24, 2.45) is 5.92 Å². The Kier molecular flexibility index (Phi) is 10.6. The summed E-state index contributed by atoms with van der Waals surface area (Å²) in [6.07, 6.45) is 2.25. The summed E-state index contributed by atoms with van der Waals surface area (Å²) in [4.78, 5) is 39.7. The first kappa shape index (κ1) is 30.8. The molecule has 2 aromatic carbocycles. The number of rotatable bonds is 13. The highest BCUT2D eigenvalue weighted by molar-refractivity contribution is 14.1. The average Bonchev–Trinajstić information content (AvgIpc) is 3.84. The molecule has 0 radical (unpaired) electrons.